The van der Waals surface area contributed by atoms with Crippen LogP contribution in [0.25, 0.3) is 0 Å². The Balaban J connectivity index is 3.08. The second-order valence-electron chi connectivity index (χ2n) is 1.02. The monoisotopic (exact) mass is 97.1 g/mol. The lowest BCUT2D eigenvalue weighted by Gasteiger charge is -1.79. The highest BCUT2D eigenvalue weighted by Crippen LogP contribution is 1.81. The lowest BCUT2D eigenvalue weighted by molar-refractivity contribution is 1.20. The smallest absolute Gasteiger partial charge is 0.165 e. The fourth-order valence-corrected chi connectivity index (χ4v) is 0.278. The lowest BCUT2D eigenvalue weighted by Crippen LogP contribution is -1.87. The molecule has 1 heterocycles. The summed E-state index contributed by atoms with van der Waals surface area (Å²) in [5.41, 5.74) is 0. The van der Waals surface area contributed by atoms with Gasteiger partial charge in [-0.05, 0) is 12.1 Å². The van der Waals surface area contributed by atoms with E-state index in [4.69, 9.17) is 5.52 Å². The maximum Gasteiger partial charge on any atom is 0.165 e. The van der Waals surface area contributed by atoms with Crippen molar-refractivity contribution in [1.82, 2.24) is 5.31 Å². The molecule has 0 fully saturated rings. The van der Waals surface area contributed by atoms with Gasteiger partial charge >= 0.3 is 0 Å². The molecule has 0 unspecified atom stereocenters. The average Bonchev–Trinajstić information content (AvgIpc) is 2.07. The summed E-state index contributed by atoms with van der Waals surface area (Å²) in [7, 11) is 0. The van der Waals surface area contributed by atoms with Gasteiger partial charge in [-0.15, -0.1) is 0 Å². The van der Waals surface area contributed by atoms with Gasteiger partial charge in [0.25, 0.3) is 0 Å². The molecule has 1 rings (SSSR count). The van der Waals surface area contributed by atoms with Gasteiger partial charge in [0.15, 0.2) is 1.41 Å². The number of nitrogens with one attached hydrogen (secondary N) is 1. The SMILES string of the molecule is [2H]C1=CC=CN([2H])C([2H])=C1[2H]. The molecule has 0 aromatic heterocycles. The summed E-state index contributed by atoms with van der Waals surface area (Å²) < 4.78 is 28.6. The number of rotatable bonds is 0. The van der Waals surface area contributed by atoms with Gasteiger partial charge in [0.2, 0.25) is 0 Å². The van der Waals surface area contributed by atoms with Gasteiger partial charge in [0, 0.05) is 12.4 Å². The van der Waals surface area contributed by atoms with Crippen LogP contribution in [0.3, 0.4) is 0 Å². The predicted octanol–water partition coefficient (Wildman–Crippen LogP) is 1.17. The standard InChI is InChI=1S/C6H7N/c1-2-4-6-7-5-3-1/h1-7H/i1D,3D,5D/hD. The van der Waals surface area contributed by atoms with Crippen LogP contribution in [0.2, 0.25) is 1.41 Å². The van der Waals surface area contributed by atoms with Crippen LogP contribution < -0.4 is 5.31 Å². The summed E-state index contributed by atoms with van der Waals surface area (Å²) in [4.78, 5) is 0. The first-order valence-corrected chi connectivity index (χ1v) is 1.94. The van der Waals surface area contributed by atoms with E-state index in [9.17, 15) is 0 Å². The van der Waals surface area contributed by atoms with Crippen molar-refractivity contribution in [2.24, 2.45) is 0 Å². The Labute approximate surface area is 48.7 Å². The van der Waals surface area contributed by atoms with Crippen molar-refractivity contribution in [1.29, 1.82) is 0 Å². The maximum atomic E-state index is 7.19. The summed E-state index contributed by atoms with van der Waals surface area (Å²) in [5.74, 6) is 0. The van der Waals surface area contributed by atoms with Gasteiger partial charge in [-0.25, -0.2) is 0 Å². The molecule has 1 N–H and O–H groups in total. The second kappa shape index (κ2) is 2.24. The Bertz CT molecular complexity index is 253. The van der Waals surface area contributed by atoms with Crippen molar-refractivity contribution in [3.8, 4) is 0 Å². The van der Waals surface area contributed by atoms with Crippen molar-refractivity contribution >= 4 is 0 Å². The number of hydrogen-bond acceptors (Lipinski definition) is 1. The van der Waals surface area contributed by atoms with Crippen molar-refractivity contribution in [2.45, 2.75) is 0 Å². The molecule has 0 aliphatic carbocycles. The topological polar surface area (TPSA) is 12.0 Å². The van der Waals surface area contributed by atoms with E-state index in [0.717, 1.165) is 5.31 Å². The zero-order chi connectivity index (χ0) is 8.43. The minimum atomic E-state index is -0.278. The van der Waals surface area contributed by atoms with Crippen LogP contribution in [0.5, 0.6) is 0 Å². The zero-order valence-electron chi connectivity index (χ0n) is 7.68. The second-order valence-corrected chi connectivity index (χ2v) is 1.02. The third-order valence-corrected chi connectivity index (χ3v) is 0.533. The van der Waals surface area contributed by atoms with E-state index in [-0.39, 0.29) is 18.3 Å². The highest BCUT2D eigenvalue weighted by atomic mass is 14.8. The predicted molar refractivity (Wildman–Crippen MR) is 30.6 cm³/mol. The van der Waals surface area contributed by atoms with E-state index in [2.05, 4.69) is 0 Å². The van der Waals surface area contributed by atoms with Gasteiger partial charge in [0.05, 0.1) is 4.11 Å². The molecule has 0 saturated heterocycles. The van der Waals surface area contributed by atoms with Crippen LogP contribution in [-0.4, -0.2) is 0 Å². The largest absolute Gasteiger partial charge is 0.368 e. The van der Waals surface area contributed by atoms with Crippen LogP contribution in [0.1, 0.15) is 4.11 Å². The van der Waals surface area contributed by atoms with E-state index < -0.39 is 0 Å². The highest BCUT2D eigenvalue weighted by Gasteiger charge is 1.67. The van der Waals surface area contributed by atoms with Gasteiger partial charge in [0.1, 0.15) is 0 Å². The molecular weight excluding hydrogens is 86.1 g/mol. The molecule has 0 spiro atoms. The molecule has 0 saturated carbocycles. The van der Waals surface area contributed by atoms with Crippen LogP contribution in [0.15, 0.2) is 36.6 Å². The number of hydrogen-bond donors (Lipinski definition) is 1. The van der Waals surface area contributed by atoms with Gasteiger partial charge in [-0.2, -0.15) is 0 Å². The molecule has 36 valence electrons. The van der Waals surface area contributed by atoms with Crippen molar-refractivity contribution in [2.75, 3.05) is 0 Å². The Morgan fingerprint density at radius 1 is 1.43 bits per heavy atom. The Kier molecular flexibility index (Phi) is 0.483. The average molecular weight is 97.2 g/mol. The summed E-state index contributed by atoms with van der Waals surface area (Å²) >= 11 is 0. The molecule has 0 bridgehead atoms. The summed E-state index contributed by atoms with van der Waals surface area (Å²) in [5, 5.41) is 0.750. The van der Waals surface area contributed by atoms with Crippen molar-refractivity contribution < 1.29 is 5.52 Å². The third kappa shape index (κ3) is 1.26. The molecule has 7 heavy (non-hydrogen) atoms. The van der Waals surface area contributed by atoms with Crippen LogP contribution in [-0.2, 0) is 0 Å². The minimum Gasteiger partial charge on any atom is -0.368 e. The van der Waals surface area contributed by atoms with Crippen LogP contribution >= 0.6 is 0 Å². The van der Waals surface area contributed by atoms with E-state index >= 15 is 0 Å². The number of allylic oxidation sites excluding steroid dienone is 4. The van der Waals surface area contributed by atoms with E-state index in [1.807, 2.05) is 0 Å². The van der Waals surface area contributed by atoms with Gasteiger partial charge in [-0.1, -0.05) is 12.1 Å². The van der Waals surface area contributed by atoms with Crippen molar-refractivity contribution in [3.05, 3.63) is 36.6 Å². The van der Waals surface area contributed by atoms with Crippen molar-refractivity contribution in [3.63, 3.8) is 0 Å². The van der Waals surface area contributed by atoms with Gasteiger partial charge < -0.3 is 5.31 Å². The first kappa shape index (κ1) is 1.51. The van der Waals surface area contributed by atoms with E-state index in [1.54, 1.807) is 0 Å². The molecular formula is C6H7N. The maximum absolute atomic E-state index is 7.19. The fraction of sp³-hybridized carbons (Fsp3) is 0. The summed E-state index contributed by atoms with van der Waals surface area (Å²) in [6.45, 7) is 0. The molecule has 1 aliphatic heterocycles. The Hall–Kier alpha value is -0.980. The zero-order valence-corrected chi connectivity index (χ0v) is 3.68. The van der Waals surface area contributed by atoms with E-state index in [0.29, 0.717) is 0 Å². The summed E-state index contributed by atoms with van der Waals surface area (Å²) in [6.07, 6.45) is 3.88. The Morgan fingerprint density at radius 2 is 2.43 bits per heavy atom. The molecule has 0 amide bonds. The molecule has 0 radical (unpaired) electrons. The first-order chi connectivity index (χ1) is 5.13. The Morgan fingerprint density at radius 3 is 3.43 bits per heavy atom. The van der Waals surface area contributed by atoms with Crippen LogP contribution in [0.4, 0.5) is 0 Å². The summed E-state index contributed by atoms with van der Waals surface area (Å²) in [6, 6.07) is -0.272. The molecule has 0 aromatic rings. The molecule has 1 aliphatic rings. The van der Waals surface area contributed by atoms with Crippen LogP contribution in [0, 0.1) is 0 Å². The van der Waals surface area contributed by atoms with Gasteiger partial charge in [-0.3, -0.25) is 0 Å². The normalized spacial score (nSPS) is 29.7. The lowest BCUT2D eigenvalue weighted by atomic mass is 10.5. The van der Waals surface area contributed by atoms with E-state index in [1.165, 1.54) is 18.4 Å². The third-order valence-electron chi connectivity index (χ3n) is 0.533. The quantitative estimate of drug-likeness (QED) is 0.478. The first-order valence-electron chi connectivity index (χ1n) is 3.88. The molecule has 0 atom stereocenters. The minimum absolute atomic E-state index is 0.0407. The highest BCUT2D eigenvalue weighted by molar-refractivity contribution is 5.14. The fourth-order valence-electron chi connectivity index (χ4n) is 0.278. The molecule has 1 nitrogen and oxygen atoms in total. The molecule has 1 heteroatoms. The molecule has 0 aromatic carbocycles.